The van der Waals surface area contributed by atoms with Gasteiger partial charge in [-0.2, -0.15) is 0 Å². The molecule has 0 atom stereocenters. The molecule has 0 unspecified atom stereocenters. The highest BCUT2D eigenvalue weighted by molar-refractivity contribution is 14.0. The van der Waals surface area contributed by atoms with Crippen molar-refractivity contribution in [2.45, 2.75) is 38.5 Å². The molecule has 0 aliphatic carbocycles. The highest BCUT2D eigenvalue weighted by Gasteiger charge is 2.40. The van der Waals surface area contributed by atoms with Gasteiger partial charge < -0.3 is 15.5 Å². The predicted octanol–water partition coefficient (Wildman–Crippen LogP) is 2.03. The van der Waals surface area contributed by atoms with Crippen LogP contribution in [0, 0.1) is 0 Å². The van der Waals surface area contributed by atoms with Gasteiger partial charge in [0.2, 0.25) is 0 Å². The monoisotopic (exact) mass is 522 g/mol. The summed E-state index contributed by atoms with van der Waals surface area (Å²) in [6, 6.07) is 7.45. The highest BCUT2D eigenvalue weighted by atomic mass is 127. The van der Waals surface area contributed by atoms with Crippen molar-refractivity contribution in [3.05, 3.63) is 35.4 Å². The van der Waals surface area contributed by atoms with Crippen LogP contribution in [-0.4, -0.2) is 62.4 Å². The molecule has 9 heteroatoms. The first-order chi connectivity index (χ1) is 12.7. The second-order valence-corrected chi connectivity index (χ2v) is 10.1. The Hall–Kier alpha value is -1.36. The number of guanidine groups is 1. The molecule has 0 saturated carbocycles. The number of carbonyl (C=O) groups is 1. The summed E-state index contributed by atoms with van der Waals surface area (Å²) in [5, 5.41) is 6.15. The summed E-state index contributed by atoms with van der Waals surface area (Å²) in [4.78, 5) is 18.4. The zero-order chi connectivity index (χ0) is 20.1. The number of hydrogen-bond donors (Lipinski definition) is 2. The minimum absolute atomic E-state index is 0. The number of hydrogen-bond acceptors (Lipinski definition) is 4. The number of carbonyl (C=O) groups excluding carboxylic acids is 1. The van der Waals surface area contributed by atoms with Gasteiger partial charge in [-0.15, -0.1) is 24.0 Å². The Bertz CT molecular complexity index is 809. The number of halogens is 1. The van der Waals surface area contributed by atoms with Crippen LogP contribution < -0.4 is 10.6 Å². The van der Waals surface area contributed by atoms with Crippen molar-refractivity contribution >= 4 is 45.7 Å². The summed E-state index contributed by atoms with van der Waals surface area (Å²) in [5.74, 6) is 0.707. The van der Waals surface area contributed by atoms with Crippen LogP contribution in [0.3, 0.4) is 0 Å². The fraction of sp³-hybridized carbons (Fsp3) is 0.579. The first-order valence-electron chi connectivity index (χ1n) is 9.25. The summed E-state index contributed by atoms with van der Waals surface area (Å²) < 4.78 is 23.6. The van der Waals surface area contributed by atoms with Crippen LogP contribution in [-0.2, 0) is 16.4 Å². The van der Waals surface area contributed by atoms with E-state index in [2.05, 4.69) is 15.6 Å². The van der Waals surface area contributed by atoms with Gasteiger partial charge in [-0.1, -0.05) is 19.1 Å². The van der Waals surface area contributed by atoms with Gasteiger partial charge in [-0.25, -0.2) is 8.42 Å². The Labute approximate surface area is 185 Å². The van der Waals surface area contributed by atoms with Gasteiger partial charge in [0.15, 0.2) is 15.8 Å². The minimum atomic E-state index is -3.09. The van der Waals surface area contributed by atoms with Gasteiger partial charge >= 0.3 is 0 Å². The maximum Gasteiger partial charge on any atom is 0.251 e. The summed E-state index contributed by atoms with van der Waals surface area (Å²) in [6.45, 7) is 7.49. The Morgan fingerprint density at radius 3 is 2.61 bits per heavy atom. The van der Waals surface area contributed by atoms with Crippen LogP contribution in [0.15, 0.2) is 29.3 Å². The fourth-order valence-corrected chi connectivity index (χ4v) is 4.37. The van der Waals surface area contributed by atoms with Crippen molar-refractivity contribution in [1.29, 1.82) is 0 Å². The quantitative estimate of drug-likeness (QED) is 0.351. The van der Waals surface area contributed by atoms with Gasteiger partial charge in [0, 0.05) is 38.8 Å². The Balaban J connectivity index is 0.00000392. The molecule has 2 N–H and O–H groups in total. The van der Waals surface area contributed by atoms with E-state index < -0.39 is 14.6 Å². The molecule has 158 valence electrons. The summed E-state index contributed by atoms with van der Waals surface area (Å²) in [7, 11) is -1.41. The molecule has 0 aromatic heterocycles. The van der Waals surface area contributed by atoms with Crippen molar-refractivity contribution in [2.75, 3.05) is 32.4 Å². The molecule has 1 aliphatic rings. The third-order valence-corrected chi connectivity index (χ3v) is 7.26. The van der Waals surface area contributed by atoms with Gasteiger partial charge in [-0.3, -0.25) is 9.79 Å². The fourth-order valence-electron chi connectivity index (χ4n) is 3.00. The molecule has 0 bridgehead atoms. The molecule has 7 nitrogen and oxygen atoms in total. The first-order valence-corrected chi connectivity index (χ1v) is 10.9. The van der Waals surface area contributed by atoms with Crippen molar-refractivity contribution in [3.8, 4) is 0 Å². The molecule has 1 aromatic rings. The van der Waals surface area contributed by atoms with Crippen molar-refractivity contribution in [2.24, 2.45) is 4.99 Å². The molecule has 0 spiro atoms. The van der Waals surface area contributed by atoms with Crippen LogP contribution in [0.1, 0.15) is 43.1 Å². The number of nitrogens with zero attached hydrogens (tertiary/aromatic N) is 2. The van der Waals surface area contributed by atoms with E-state index in [0.717, 1.165) is 12.0 Å². The molecule has 28 heavy (non-hydrogen) atoms. The number of nitrogens with one attached hydrogen (secondary N) is 2. The van der Waals surface area contributed by atoms with Gasteiger partial charge in [0.05, 0.1) is 10.5 Å². The largest absolute Gasteiger partial charge is 0.352 e. The minimum Gasteiger partial charge on any atom is -0.352 e. The molecular formula is C19H31IN4O3S. The lowest BCUT2D eigenvalue weighted by Gasteiger charge is -2.39. The van der Waals surface area contributed by atoms with E-state index in [0.29, 0.717) is 37.7 Å². The standard InChI is InChI=1S/C19H30N4O3S.HI/c1-5-9-21-17(24)16-8-6-7-15(12-16)13-22-18(20-4)23-10-11-27(25,26)19(2,3)14-23;/h6-8,12H,5,9-11,13-14H2,1-4H3,(H,20,22)(H,21,24);1H. The smallest absolute Gasteiger partial charge is 0.251 e. The molecule has 1 aromatic carbocycles. The van der Waals surface area contributed by atoms with Crippen LogP contribution in [0.25, 0.3) is 0 Å². The normalized spacial score (nSPS) is 18.1. The summed E-state index contributed by atoms with van der Waals surface area (Å²) in [5.41, 5.74) is 1.59. The molecule has 1 saturated heterocycles. The van der Waals surface area contributed by atoms with Gasteiger partial charge in [0.1, 0.15) is 0 Å². The molecule has 1 aliphatic heterocycles. The molecule has 0 radical (unpaired) electrons. The number of aliphatic imine (C=N–C) groups is 1. The maximum absolute atomic E-state index is 12.2. The van der Waals surface area contributed by atoms with E-state index in [1.54, 1.807) is 27.0 Å². The highest BCUT2D eigenvalue weighted by Crippen LogP contribution is 2.23. The number of amides is 1. The summed E-state index contributed by atoms with van der Waals surface area (Å²) >= 11 is 0. The molecule has 1 heterocycles. The second-order valence-electron chi connectivity index (χ2n) is 7.36. The van der Waals surface area contributed by atoms with Crippen LogP contribution >= 0.6 is 24.0 Å². The number of rotatable bonds is 5. The van der Waals surface area contributed by atoms with E-state index in [9.17, 15) is 13.2 Å². The Morgan fingerprint density at radius 2 is 2.00 bits per heavy atom. The number of benzene rings is 1. The Morgan fingerprint density at radius 1 is 1.29 bits per heavy atom. The Kier molecular flexibility index (Phi) is 9.19. The molecule has 1 amide bonds. The van der Waals surface area contributed by atoms with Crippen molar-refractivity contribution < 1.29 is 13.2 Å². The van der Waals surface area contributed by atoms with E-state index in [4.69, 9.17) is 0 Å². The second kappa shape index (κ2) is 10.4. The predicted molar refractivity (Wildman–Crippen MR) is 124 cm³/mol. The summed E-state index contributed by atoms with van der Waals surface area (Å²) in [6.07, 6.45) is 0.894. The van der Waals surface area contributed by atoms with E-state index in [1.807, 2.05) is 30.0 Å². The van der Waals surface area contributed by atoms with Crippen molar-refractivity contribution in [3.63, 3.8) is 0 Å². The lowest BCUT2D eigenvalue weighted by molar-refractivity contribution is 0.0953. The topological polar surface area (TPSA) is 90.9 Å². The van der Waals surface area contributed by atoms with E-state index in [-0.39, 0.29) is 35.6 Å². The molecular weight excluding hydrogens is 491 g/mol. The van der Waals surface area contributed by atoms with Gasteiger partial charge in [0.25, 0.3) is 5.91 Å². The third-order valence-electron chi connectivity index (χ3n) is 4.73. The SMILES string of the molecule is CCCNC(=O)c1cccc(CNC(=NC)N2CCS(=O)(=O)C(C)(C)C2)c1.I. The number of sulfone groups is 1. The average Bonchev–Trinajstić information content (AvgIpc) is 2.63. The molecule has 2 rings (SSSR count). The zero-order valence-corrected chi connectivity index (χ0v) is 20.1. The van der Waals surface area contributed by atoms with Gasteiger partial charge in [-0.05, 0) is 38.0 Å². The van der Waals surface area contributed by atoms with Crippen LogP contribution in [0.5, 0.6) is 0 Å². The lowest BCUT2D eigenvalue weighted by Crippen LogP contribution is -2.57. The third kappa shape index (κ3) is 6.07. The van der Waals surface area contributed by atoms with E-state index >= 15 is 0 Å². The average molecular weight is 522 g/mol. The van der Waals surface area contributed by atoms with Crippen molar-refractivity contribution in [1.82, 2.24) is 15.5 Å². The van der Waals surface area contributed by atoms with E-state index in [1.165, 1.54) is 0 Å². The van der Waals surface area contributed by atoms with Crippen LogP contribution in [0.2, 0.25) is 0 Å². The lowest BCUT2D eigenvalue weighted by atomic mass is 10.1. The maximum atomic E-state index is 12.2. The molecule has 1 fully saturated rings. The zero-order valence-electron chi connectivity index (χ0n) is 17.0. The van der Waals surface area contributed by atoms with Crippen LogP contribution in [0.4, 0.5) is 0 Å². The first kappa shape index (κ1) is 24.7.